The maximum absolute atomic E-state index is 12.6. The van der Waals surface area contributed by atoms with Crippen molar-refractivity contribution in [3.8, 4) is 0 Å². The molecule has 1 aliphatic carbocycles. The van der Waals surface area contributed by atoms with E-state index >= 15 is 0 Å². The van der Waals surface area contributed by atoms with Crippen LogP contribution in [0.15, 0.2) is 16.5 Å². The summed E-state index contributed by atoms with van der Waals surface area (Å²) in [4.78, 5) is 39.2. The van der Waals surface area contributed by atoms with Crippen molar-refractivity contribution in [2.75, 3.05) is 19.6 Å². The smallest absolute Gasteiger partial charge is 0.371 e. The van der Waals surface area contributed by atoms with E-state index in [0.717, 1.165) is 12.8 Å². The lowest BCUT2D eigenvalue weighted by Gasteiger charge is -2.46. The molecule has 1 N–H and O–H groups in total. The van der Waals surface area contributed by atoms with E-state index < -0.39 is 11.5 Å². The van der Waals surface area contributed by atoms with Crippen molar-refractivity contribution < 1.29 is 23.9 Å². The fraction of sp³-hybridized carbons (Fsp3) is 0.562. The summed E-state index contributed by atoms with van der Waals surface area (Å²) < 4.78 is 5.10. The van der Waals surface area contributed by atoms with Crippen LogP contribution in [-0.2, 0) is 4.79 Å². The first-order valence-electron chi connectivity index (χ1n) is 7.73. The lowest BCUT2D eigenvalue weighted by Crippen LogP contribution is -2.62. The number of carbonyl (C=O) groups is 3. The molecule has 1 aromatic rings. The molecule has 2 fully saturated rings. The van der Waals surface area contributed by atoms with Crippen LogP contribution in [0.2, 0.25) is 0 Å². The minimum absolute atomic E-state index is 0.0115. The summed E-state index contributed by atoms with van der Waals surface area (Å²) >= 11 is 0. The number of hydrogen-bond donors (Lipinski definition) is 1. The number of carboxylic acids is 1. The predicted octanol–water partition coefficient (Wildman–Crippen LogP) is 1.45. The Bertz CT molecular complexity index is 659. The first-order chi connectivity index (χ1) is 10.8. The molecular formula is C16H20N2O5. The van der Waals surface area contributed by atoms with Crippen molar-refractivity contribution in [3.05, 3.63) is 23.7 Å². The zero-order valence-corrected chi connectivity index (χ0v) is 13.2. The zero-order valence-electron chi connectivity index (χ0n) is 13.2. The Hall–Kier alpha value is -2.31. The Morgan fingerprint density at radius 2 is 1.83 bits per heavy atom. The van der Waals surface area contributed by atoms with Crippen molar-refractivity contribution in [1.82, 2.24) is 9.80 Å². The van der Waals surface area contributed by atoms with Gasteiger partial charge < -0.3 is 19.3 Å². The van der Waals surface area contributed by atoms with E-state index in [-0.39, 0.29) is 29.3 Å². The van der Waals surface area contributed by atoms with Crippen LogP contribution in [0.5, 0.6) is 0 Å². The molecule has 1 aliphatic heterocycles. The summed E-state index contributed by atoms with van der Waals surface area (Å²) in [5.74, 6) is -1.46. The third-order valence-electron chi connectivity index (χ3n) is 4.41. The highest BCUT2D eigenvalue weighted by Crippen LogP contribution is 2.33. The van der Waals surface area contributed by atoms with E-state index in [0.29, 0.717) is 19.6 Å². The van der Waals surface area contributed by atoms with E-state index in [1.54, 1.807) is 4.90 Å². The Labute approximate surface area is 133 Å². The largest absolute Gasteiger partial charge is 0.475 e. The summed E-state index contributed by atoms with van der Waals surface area (Å²) in [5.41, 5.74) is -0.532. The van der Waals surface area contributed by atoms with Crippen LogP contribution >= 0.6 is 0 Å². The number of piperazine rings is 1. The Balaban J connectivity index is 1.73. The Morgan fingerprint density at radius 3 is 2.35 bits per heavy atom. The molecule has 0 atom stereocenters. The second-order valence-electron chi connectivity index (χ2n) is 6.77. The zero-order chi connectivity index (χ0) is 16.8. The van der Waals surface area contributed by atoms with Crippen LogP contribution in [0.4, 0.5) is 0 Å². The summed E-state index contributed by atoms with van der Waals surface area (Å²) in [6, 6.07) is 2.65. The molecule has 1 saturated carbocycles. The third kappa shape index (κ3) is 2.95. The minimum atomic E-state index is -1.21. The van der Waals surface area contributed by atoms with E-state index in [1.807, 2.05) is 18.7 Å². The van der Waals surface area contributed by atoms with Crippen LogP contribution in [0, 0.1) is 5.92 Å². The van der Waals surface area contributed by atoms with Crippen molar-refractivity contribution in [3.63, 3.8) is 0 Å². The molecule has 0 bridgehead atoms. The van der Waals surface area contributed by atoms with Crippen LogP contribution in [0.3, 0.4) is 0 Å². The van der Waals surface area contributed by atoms with Crippen molar-refractivity contribution >= 4 is 17.8 Å². The number of hydrogen-bond acceptors (Lipinski definition) is 4. The first kappa shape index (κ1) is 15.6. The molecule has 0 spiro atoms. The molecule has 0 unspecified atom stereocenters. The van der Waals surface area contributed by atoms with Crippen molar-refractivity contribution in [2.45, 2.75) is 32.2 Å². The molecule has 0 aromatic carbocycles. The molecule has 2 aliphatic rings. The molecule has 1 saturated heterocycles. The van der Waals surface area contributed by atoms with Gasteiger partial charge in [-0.1, -0.05) is 0 Å². The van der Waals surface area contributed by atoms with Crippen LogP contribution in [0.1, 0.15) is 47.8 Å². The summed E-state index contributed by atoms with van der Waals surface area (Å²) in [5, 5.41) is 8.88. The fourth-order valence-electron chi connectivity index (χ4n) is 3.01. The van der Waals surface area contributed by atoms with Crippen LogP contribution in [-0.4, -0.2) is 57.9 Å². The summed E-state index contributed by atoms with van der Waals surface area (Å²) in [7, 11) is 0. The Morgan fingerprint density at radius 1 is 1.17 bits per heavy atom. The highest BCUT2D eigenvalue weighted by atomic mass is 16.4. The first-order valence-corrected chi connectivity index (χ1v) is 7.73. The average Bonchev–Trinajstić information content (AvgIpc) is 3.20. The maximum atomic E-state index is 12.6. The van der Waals surface area contributed by atoms with Gasteiger partial charge in [0.15, 0.2) is 5.76 Å². The molecule has 0 radical (unpaired) electrons. The monoisotopic (exact) mass is 320 g/mol. The van der Waals surface area contributed by atoms with Gasteiger partial charge in [-0.05, 0) is 38.8 Å². The molecule has 7 nitrogen and oxygen atoms in total. The quantitative estimate of drug-likeness (QED) is 0.910. The van der Waals surface area contributed by atoms with Crippen molar-refractivity contribution in [1.29, 1.82) is 0 Å². The number of carboxylic acid groups (broad SMARTS) is 1. The number of nitrogens with zero attached hydrogens (tertiary/aromatic N) is 2. The number of furan rings is 1. The van der Waals surface area contributed by atoms with Gasteiger partial charge in [-0.15, -0.1) is 0 Å². The molecule has 7 heteroatoms. The minimum Gasteiger partial charge on any atom is -0.475 e. The van der Waals surface area contributed by atoms with E-state index in [9.17, 15) is 14.4 Å². The van der Waals surface area contributed by atoms with Gasteiger partial charge in [0.25, 0.3) is 5.91 Å². The van der Waals surface area contributed by atoms with E-state index in [1.165, 1.54) is 12.1 Å². The van der Waals surface area contributed by atoms with Crippen LogP contribution in [0.25, 0.3) is 0 Å². The molecule has 124 valence electrons. The van der Waals surface area contributed by atoms with Gasteiger partial charge in [-0.25, -0.2) is 4.79 Å². The number of carbonyl (C=O) groups excluding carboxylic acids is 2. The molecular weight excluding hydrogens is 300 g/mol. The molecule has 23 heavy (non-hydrogen) atoms. The van der Waals surface area contributed by atoms with Gasteiger partial charge in [-0.2, -0.15) is 0 Å². The van der Waals surface area contributed by atoms with Gasteiger partial charge in [-0.3, -0.25) is 9.59 Å². The SMILES string of the molecule is CC1(C)CN(C(=O)C2CC2)CCN1C(=O)c1ccc(C(=O)O)o1. The van der Waals surface area contributed by atoms with E-state index in [4.69, 9.17) is 9.52 Å². The maximum Gasteiger partial charge on any atom is 0.371 e. The van der Waals surface area contributed by atoms with Gasteiger partial charge >= 0.3 is 5.97 Å². The number of amides is 2. The summed E-state index contributed by atoms with van der Waals surface area (Å²) in [6.07, 6.45) is 1.92. The standard InChI is InChI=1S/C16H20N2O5/c1-16(2)9-17(13(19)10-3-4-10)7-8-18(16)14(20)11-5-6-12(23-11)15(21)22/h5-6,10H,3-4,7-9H2,1-2H3,(H,21,22). The second kappa shape index (κ2) is 5.40. The highest BCUT2D eigenvalue weighted by Gasteiger charge is 2.42. The number of aromatic carboxylic acids is 1. The van der Waals surface area contributed by atoms with Gasteiger partial charge in [0.2, 0.25) is 11.7 Å². The highest BCUT2D eigenvalue weighted by molar-refractivity contribution is 5.94. The summed E-state index contributed by atoms with van der Waals surface area (Å²) in [6.45, 7) is 5.18. The second-order valence-corrected chi connectivity index (χ2v) is 6.77. The molecule has 2 amide bonds. The lowest BCUT2D eigenvalue weighted by molar-refractivity contribution is -0.136. The van der Waals surface area contributed by atoms with Gasteiger partial charge in [0.05, 0.1) is 5.54 Å². The predicted molar refractivity (Wildman–Crippen MR) is 80.1 cm³/mol. The van der Waals surface area contributed by atoms with Gasteiger partial charge in [0, 0.05) is 25.6 Å². The van der Waals surface area contributed by atoms with Crippen molar-refractivity contribution in [2.24, 2.45) is 5.92 Å². The third-order valence-corrected chi connectivity index (χ3v) is 4.41. The molecule has 1 aromatic heterocycles. The van der Waals surface area contributed by atoms with Gasteiger partial charge in [0.1, 0.15) is 0 Å². The molecule has 3 rings (SSSR count). The van der Waals surface area contributed by atoms with E-state index in [2.05, 4.69) is 0 Å². The average molecular weight is 320 g/mol. The fourth-order valence-corrected chi connectivity index (χ4v) is 3.01. The normalized spacial score (nSPS) is 20.4. The Kier molecular flexibility index (Phi) is 3.66. The molecule has 2 heterocycles. The lowest BCUT2D eigenvalue weighted by atomic mass is 9.97. The van der Waals surface area contributed by atoms with Crippen LogP contribution < -0.4 is 0 Å². The topological polar surface area (TPSA) is 91.1 Å². The number of rotatable bonds is 3.